The van der Waals surface area contributed by atoms with Gasteiger partial charge in [0.05, 0.1) is 6.54 Å². The van der Waals surface area contributed by atoms with Crippen LogP contribution in [-0.2, 0) is 14.8 Å². The highest BCUT2D eigenvalue weighted by molar-refractivity contribution is 7.89. The number of sulfonamides is 1. The van der Waals surface area contributed by atoms with Gasteiger partial charge in [0, 0.05) is 19.8 Å². The van der Waals surface area contributed by atoms with Crippen LogP contribution in [0.1, 0.15) is 19.0 Å². The van der Waals surface area contributed by atoms with Gasteiger partial charge in [0.25, 0.3) is 0 Å². The molecule has 0 saturated heterocycles. The van der Waals surface area contributed by atoms with Crippen LogP contribution in [-0.4, -0.2) is 43.8 Å². The number of carbonyl (C=O) groups is 1. The van der Waals surface area contributed by atoms with E-state index in [4.69, 9.17) is 5.26 Å². The summed E-state index contributed by atoms with van der Waals surface area (Å²) in [6.07, 6.45) is 1.89. The van der Waals surface area contributed by atoms with E-state index in [1.165, 1.54) is 19.2 Å². The van der Waals surface area contributed by atoms with E-state index in [1.54, 1.807) is 6.07 Å². The van der Waals surface area contributed by atoms with Gasteiger partial charge >= 0.3 is 0 Å². The van der Waals surface area contributed by atoms with Gasteiger partial charge in [0.15, 0.2) is 0 Å². The molecule has 0 bridgehead atoms. The van der Waals surface area contributed by atoms with Crippen molar-refractivity contribution in [3.63, 3.8) is 0 Å². The van der Waals surface area contributed by atoms with Gasteiger partial charge in [0.1, 0.15) is 16.7 Å². The van der Waals surface area contributed by atoms with Gasteiger partial charge in [0.2, 0.25) is 15.9 Å². The van der Waals surface area contributed by atoms with Crippen LogP contribution in [0.4, 0.5) is 0 Å². The lowest BCUT2D eigenvalue weighted by molar-refractivity contribution is -0.121. The molecular weight excluding hydrogens is 280 g/mol. The van der Waals surface area contributed by atoms with Gasteiger partial charge in [-0.05, 0) is 18.6 Å². The van der Waals surface area contributed by atoms with Crippen LogP contribution in [0, 0.1) is 11.3 Å². The van der Waals surface area contributed by atoms with Crippen LogP contribution >= 0.6 is 0 Å². The molecule has 1 aromatic heterocycles. The molecule has 0 atom stereocenters. The number of rotatable bonds is 6. The molecular formula is C12H16N4O3S. The molecule has 1 rings (SSSR count). The molecule has 0 aliphatic heterocycles. The van der Waals surface area contributed by atoms with Crippen molar-refractivity contribution in [1.29, 1.82) is 5.26 Å². The molecule has 0 radical (unpaired) electrons. The molecule has 20 heavy (non-hydrogen) atoms. The number of likely N-dealkylation sites (N-methyl/N-ethyl adjacent to an activating group) is 1. The fourth-order valence-electron chi connectivity index (χ4n) is 1.39. The normalized spacial score (nSPS) is 11.1. The topological polar surface area (TPSA) is 103 Å². The number of hydrogen-bond acceptors (Lipinski definition) is 5. The van der Waals surface area contributed by atoms with E-state index in [2.05, 4.69) is 10.3 Å². The average molecular weight is 296 g/mol. The van der Waals surface area contributed by atoms with E-state index in [1.807, 2.05) is 6.92 Å². The molecule has 108 valence electrons. The Bertz CT molecular complexity index is 605. The maximum atomic E-state index is 12.2. The van der Waals surface area contributed by atoms with Crippen molar-refractivity contribution in [2.75, 3.05) is 20.1 Å². The Hall–Kier alpha value is -1.98. The maximum absolute atomic E-state index is 12.2. The molecule has 0 saturated carbocycles. The van der Waals surface area contributed by atoms with E-state index in [0.717, 1.165) is 16.9 Å². The van der Waals surface area contributed by atoms with Gasteiger partial charge in [-0.25, -0.2) is 13.4 Å². The summed E-state index contributed by atoms with van der Waals surface area (Å²) in [7, 11) is -2.46. The zero-order valence-electron chi connectivity index (χ0n) is 11.3. The number of amides is 1. The molecule has 0 aliphatic carbocycles. The van der Waals surface area contributed by atoms with Crippen molar-refractivity contribution in [2.45, 2.75) is 18.2 Å². The first-order valence-corrected chi connectivity index (χ1v) is 7.45. The van der Waals surface area contributed by atoms with Crippen LogP contribution in [0.25, 0.3) is 0 Å². The summed E-state index contributed by atoms with van der Waals surface area (Å²) in [5.74, 6) is -0.362. The van der Waals surface area contributed by atoms with Gasteiger partial charge in [-0.3, -0.25) is 4.79 Å². The molecule has 0 unspecified atom stereocenters. The second-order valence-corrected chi connectivity index (χ2v) is 6.15. The third-order valence-electron chi connectivity index (χ3n) is 2.50. The van der Waals surface area contributed by atoms with E-state index in [0.29, 0.717) is 6.54 Å². The monoisotopic (exact) mass is 296 g/mol. The summed E-state index contributed by atoms with van der Waals surface area (Å²) < 4.78 is 25.3. The predicted molar refractivity (Wildman–Crippen MR) is 72.1 cm³/mol. The van der Waals surface area contributed by atoms with Crippen LogP contribution in [0.3, 0.4) is 0 Å². The number of hydrogen-bond donors (Lipinski definition) is 1. The van der Waals surface area contributed by atoms with E-state index in [-0.39, 0.29) is 23.0 Å². The maximum Gasteiger partial charge on any atom is 0.244 e. The Morgan fingerprint density at radius 1 is 1.50 bits per heavy atom. The Morgan fingerprint density at radius 3 is 2.70 bits per heavy atom. The van der Waals surface area contributed by atoms with Crippen LogP contribution < -0.4 is 5.32 Å². The number of nitrogens with zero attached hydrogens (tertiary/aromatic N) is 3. The Labute approximate surface area is 118 Å². The van der Waals surface area contributed by atoms with Crippen molar-refractivity contribution < 1.29 is 13.2 Å². The van der Waals surface area contributed by atoms with Gasteiger partial charge in [-0.2, -0.15) is 9.57 Å². The lowest BCUT2D eigenvalue weighted by Crippen LogP contribution is -2.38. The van der Waals surface area contributed by atoms with Crippen molar-refractivity contribution in [2.24, 2.45) is 0 Å². The molecule has 0 aromatic carbocycles. The molecule has 0 fully saturated rings. The standard InChI is InChI=1S/C12H16N4O3S/c1-3-6-14-12(17)9-16(2)20(18,19)11-5-4-10(7-13)15-8-11/h4-5,8H,3,6,9H2,1-2H3,(H,14,17). The average Bonchev–Trinajstić information content (AvgIpc) is 2.45. The number of aromatic nitrogens is 1. The predicted octanol–water partition coefficient (Wildman–Crippen LogP) is 0.1000. The Kier molecular flexibility index (Phi) is 5.61. The highest BCUT2D eigenvalue weighted by Crippen LogP contribution is 2.12. The highest BCUT2D eigenvalue weighted by atomic mass is 32.2. The van der Waals surface area contributed by atoms with E-state index >= 15 is 0 Å². The first-order chi connectivity index (χ1) is 9.41. The summed E-state index contributed by atoms with van der Waals surface area (Å²) in [5.41, 5.74) is 0.132. The quantitative estimate of drug-likeness (QED) is 0.802. The fourth-order valence-corrected chi connectivity index (χ4v) is 2.46. The smallest absolute Gasteiger partial charge is 0.244 e. The van der Waals surface area contributed by atoms with Crippen LogP contribution in [0.5, 0.6) is 0 Å². The SMILES string of the molecule is CCCNC(=O)CN(C)S(=O)(=O)c1ccc(C#N)nc1. The largest absolute Gasteiger partial charge is 0.355 e. The minimum atomic E-state index is -3.78. The van der Waals surface area contributed by atoms with E-state index in [9.17, 15) is 13.2 Å². The Morgan fingerprint density at radius 2 is 2.20 bits per heavy atom. The fraction of sp³-hybridized carbons (Fsp3) is 0.417. The van der Waals surface area contributed by atoms with Gasteiger partial charge < -0.3 is 5.32 Å². The zero-order chi connectivity index (χ0) is 15.2. The number of nitriles is 1. The lowest BCUT2D eigenvalue weighted by Gasteiger charge is -2.16. The van der Waals surface area contributed by atoms with Crippen LogP contribution in [0.15, 0.2) is 23.2 Å². The second-order valence-electron chi connectivity index (χ2n) is 4.10. The molecule has 0 aliphatic rings. The summed E-state index contributed by atoms with van der Waals surface area (Å²) in [4.78, 5) is 15.2. The first-order valence-electron chi connectivity index (χ1n) is 6.01. The second kappa shape index (κ2) is 6.98. The third kappa shape index (κ3) is 4.01. The Balaban J connectivity index is 2.81. The van der Waals surface area contributed by atoms with Crippen molar-refractivity contribution in [3.8, 4) is 6.07 Å². The minimum absolute atomic E-state index is 0.0534. The van der Waals surface area contributed by atoms with Crippen molar-refractivity contribution in [1.82, 2.24) is 14.6 Å². The minimum Gasteiger partial charge on any atom is -0.355 e. The molecule has 1 aromatic rings. The molecule has 0 spiro atoms. The zero-order valence-corrected chi connectivity index (χ0v) is 12.1. The summed E-state index contributed by atoms with van der Waals surface area (Å²) in [6.45, 7) is 2.15. The summed E-state index contributed by atoms with van der Waals surface area (Å²) in [5, 5.41) is 11.2. The summed E-state index contributed by atoms with van der Waals surface area (Å²) in [6, 6.07) is 4.42. The van der Waals surface area contributed by atoms with Crippen molar-refractivity contribution in [3.05, 3.63) is 24.0 Å². The molecule has 1 N–H and O–H groups in total. The highest BCUT2D eigenvalue weighted by Gasteiger charge is 2.23. The number of carbonyl (C=O) groups excluding carboxylic acids is 1. The molecule has 8 heteroatoms. The third-order valence-corrected chi connectivity index (χ3v) is 4.28. The van der Waals surface area contributed by atoms with E-state index < -0.39 is 10.0 Å². The van der Waals surface area contributed by atoms with Crippen molar-refractivity contribution >= 4 is 15.9 Å². The van der Waals surface area contributed by atoms with Crippen LogP contribution in [0.2, 0.25) is 0 Å². The molecule has 1 amide bonds. The summed E-state index contributed by atoms with van der Waals surface area (Å²) >= 11 is 0. The molecule has 1 heterocycles. The number of pyridine rings is 1. The molecule has 7 nitrogen and oxygen atoms in total. The number of nitrogens with one attached hydrogen (secondary N) is 1. The lowest BCUT2D eigenvalue weighted by atomic mass is 10.4. The first kappa shape index (κ1) is 16.1. The van der Waals surface area contributed by atoms with Gasteiger partial charge in [-0.1, -0.05) is 6.92 Å². The van der Waals surface area contributed by atoms with Gasteiger partial charge in [-0.15, -0.1) is 0 Å².